The third kappa shape index (κ3) is 6.54. The summed E-state index contributed by atoms with van der Waals surface area (Å²) in [6.07, 6.45) is 6.68. The predicted molar refractivity (Wildman–Crippen MR) is 180 cm³/mol. The molecule has 2 aliphatic heterocycles. The van der Waals surface area contributed by atoms with E-state index in [-0.39, 0.29) is 40.9 Å². The van der Waals surface area contributed by atoms with E-state index in [9.17, 15) is 26.7 Å². The largest absolute Gasteiger partial charge is 0.490 e. The highest BCUT2D eigenvalue weighted by atomic mass is 35.5. The maximum absolute atomic E-state index is 13.4. The number of sulfone groups is 1. The minimum absolute atomic E-state index is 0.0187. The zero-order chi connectivity index (χ0) is 33.1. The number of rotatable bonds is 2. The van der Waals surface area contributed by atoms with Crippen LogP contribution in [0, 0.1) is 17.8 Å². The SMILES string of the molecule is C[C@@H]1[C@@H](C)CCC[C@](O)(CS(C)(=O)=O)[C@@H]2CC[C@H]2CN2C[C@@]3(CCCc4cc(Cl)ccc43)COc3ccc(cc32)C(=O)NS1(=O)=O. The molecular weight excluding hydrogens is 648 g/mol. The van der Waals surface area contributed by atoms with Gasteiger partial charge in [-0.1, -0.05) is 31.0 Å². The molecule has 0 saturated heterocycles. The van der Waals surface area contributed by atoms with Crippen LogP contribution in [-0.2, 0) is 31.7 Å². The molecule has 2 aromatic carbocycles. The van der Waals surface area contributed by atoms with Crippen LogP contribution < -0.4 is 14.4 Å². The first-order valence-electron chi connectivity index (χ1n) is 16.4. The second-order valence-corrected chi connectivity index (χ2v) is 19.1. The van der Waals surface area contributed by atoms with Crippen LogP contribution in [0.5, 0.6) is 5.75 Å². The highest BCUT2D eigenvalue weighted by Gasteiger charge is 2.50. The highest BCUT2D eigenvalue weighted by molar-refractivity contribution is 7.91. The summed E-state index contributed by atoms with van der Waals surface area (Å²) in [5.41, 5.74) is 1.50. The van der Waals surface area contributed by atoms with Crippen LogP contribution in [0.15, 0.2) is 36.4 Å². The van der Waals surface area contributed by atoms with Crippen LogP contribution in [0.4, 0.5) is 5.69 Å². The predicted octanol–water partition coefficient (Wildman–Crippen LogP) is 4.88. The van der Waals surface area contributed by atoms with Gasteiger partial charge in [0.2, 0.25) is 10.0 Å². The Morgan fingerprint density at radius 2 is 1.87 bits per heavy atom. The number of amides is 1. The first-order valence-corrected chi connectivity index (χ1v) is 20.3. The lowest BCUT2D eigenvalue weighted by Crippen LogP contribution is -2.55. The van der Waals surface area contributed by atoms with E-state index in [0.29, 0.717) is 55.4 Å². The van der Waals surface area contributed by atoms with Gasteiger partial charge in [-0.3, -0.25) is 4.79 Å². The number of nitrogens with zero attached hydrogens (tertiary/aromatic N) is 1. The Hall–Kier alpha value is -2.34. The fourth-order valence-electron chi connectivity index (χ4n) is 8.40. The number of benzene rings is 2. The Morgan fingerprint density at radius 3 is 2.59 bits per heavy atom. The van der Waals surface area contributed by atoms with Gasteiger partial charge in [-0.05, 0) is 111 Å². The topological polar surface area (TPSA) is 130 Å². The second-order valence-electron chi connectivity index (χ2n) is 14.5. The average Bonchev–Trinajstić information content (AvgIpc) is 3.09. The van der Waals surface area contributed by atoms with Gasteiger partial charge < -0.3 is 14.7 Å². The molecule has 0 radical (unpaired) electrons. The smallest absolute Gasteiger partial charge is 0.264 e. The van der Waals surface area contributed by atoms with E-state index < -0.39 is 36.6 Å². The molecule has 6 atom stereocenters. The van der Waals surface area contributed by atoms with Gasteiger partial charge in [0.25, 0.3) is 5.91 Å². The Labute approximate surface area is 278 Å². The lowest BCUT2D eigenvalue weighted by atomic mass is 9.63. The fourth-order valence-corrected chi connectivity index (χ4v) is 11.2. The summed E-state index contributed by atoms with van der Waals surface area (Å²) < 4.78 is 60.7. The van der Waals surface area contributed by atoms with Gasteiger partial charge in [-0.2, -0.15) is 0 Å². The van der Waals surface area contributed by atoms with Gasteiger partial charge in [0.15, 0.2) is 0 Å². The van der Waals surface area contributed by atoms with Gasteiger partial charge in [0, 0.05) is 35.3 Å². The summed E-state index contributed by atoms with van der Waals surface area (Å²) in [6, 6.07) is 11.1. The first-order chi connectivity index (χ1) is 21.6. The zero-order valence-corrected chi connectivity index (χ0v) is 29.2. The molecule has 2 N–H and O–H groups in total. The summed E-state index contributed by atoms with van der Waals surface area (Å²) in [7, 11) is -7.52. The number of halogens is 1. The number of nitrogens with one attached hydrogen (secondary N) is 1. The molecule has 1 amide bonds. The van der Waals surface area contributed by atoms with Gasteiger partial charge in [0.1, 0.15) is 15.6 Å². The summed E-state index contributed by atoms with van der Waals surface area (Å²) in [5, 5.41) is 11.9. The van der Waals surface area contributed by atoms with Crippen molar-refractivity contribution in [2.75, 3.05) is 36.6 Å². The molecule has 2 heterocycles. The number of ether oxygens (including phenoxy) is 1. The summed E-state index contributed by atoms with van der Waals surface area (Å²) in [4.78, 5) is 15.7. The molecule has 2 aromatic rings. The molecule has 0 aromatic heterocycles. The third-order valence-corrected chi connectivity index (χ3v) is 14.3. The average molecular weight is 693 g/mol. The van der Waals surface area contributed by atoms with Gasteiger partial charge >= 0.3 is 0 Å². The Balaban J connectivity index is 1.45. The number of aliphatic hydroxyl groups is 1. The van der Waals surface area contributed by atoms with Crippen molar-refractivity contribution in [1.82, 2.24) is 4.72 Å². The number of carbonyl (C=O) groups excluding carboxylic acids is 1. The number of hydrogen-bond acceptors (Lipinski definition) is 8. The lowest BCUT2D eigenvalue weighted by molar-refractivity contribution is -0.0718. The van der Waals surface area contributed by atoms with Crippen LogP contribution in [0.25, 0.3) is 0 Å². The minimum atomic E-state index is -4.02. The summed E-state index contributed by atoms with van der Waals surface area (Å²) in [5.74, 6) is -0.957. The molecule has 9 nitrogen and oxygen atoms in total. The fraction of sp³-hybridized carbons (Fsp3) is 0.618. The maximum atomic E-state index is 13.4. The van der Waals surface area contributed by atoms with E-state index in [4.69, 9.17) is 16.3 Å². The minimum Gasteiger partial charge on any atom is -0.490 e. The van der Waals surface area contributed by atoms with Crippen molar-refractivity contribution in [3.8, 4) is 5.75 Å². The number of anilines is 1. The summed E-state index contributed by atoms with van der Waals surface area (Å²) in [6.45, 7) is 4.93. The molecule has 2 bridgehead atoms. The van der Waals surface area contributed by atoms with Crippen LogP contribution >= 0.6 is 11.6 Å². The van der Waals surface area contributed by atoms with E-state index >= 15 is 0 Å². The van der Waals surface area contributed by atoms with Crippen LogP contribution in [0.1, 0.15) is 80.3 Å². The number of carbonyl (C=O) groups is 1. The summed E-state index contributed by atoms with van der Waals surface area (Å²) >= 11 is 6.40. The van der Waals surface area contributed by atoms with Crippen LogP contribution in [-0.4, -0.2) is 70.4 Å². The molecule has 2 aliphatic carbocycles. The zero-order valence-electron chi connectivity index (χ0n) is 26.8. The Bertz CT molecular complexity index is 1730. The normalized spacial score (nSPS) is 33.1. The van der Waals surface area contributed by atoms with Gasteiger partial charge in [-0.25, -0.2) is 21.6 Å². The van der Waals surface area contributed by atoms with Crippen molar-refractivity contribution in [1.29, 1.82) is 0 Å². The van der Waals surface area contributed by atoms with Gasteiger partial charge in [-0.15, -0.1) is 0 Å². The monoisotopic (exact) mass is 692 g/mol. The van der Waals surface area contributed by atoms with E-state index in [1.165, 1.54) is 11.1 Å². The second kappa shape index (κ2) is 12.3. The number of fused-ring (bicyclic) bond motifs is 4. The Morgan fingerprint density at radius 1 is 1.09 bits per heavy atom. The number of sulfonamides is 1. The van der Waals surface area contributed by atoms with Crippen molar-refractivity contribution in [3.05, 3.63) is 58.1 Å². The van der Waals surface area contributed by atoms with E-state index in [2.05, 4.69) is 15.7 Å². The van der Waals surface area contributed by atoms with E-state index in [1.54, 1.807) is 25.1 Å². The molecule has 46 heavy (non-hydrogen) atoms. The molecule has 0 unspecified atom stereocenters. The molecule has 4 aliphatic rings. The highest BCUT2D eigenvalue weighted by Crippen LogP contribution is 2.49. The van der Waals surface area contributed by atoms with Crippen molar-refractivity contribution in [2.45, 2.75) is 81.5 Å². The van der Waals surface area contributed by atoms with Crippen molar-refractivity contribution in [2.24, 2.45) is 17.8 Å². The van der Waals surface area contributed by atoms with E-state index in [1.807, 2.05) is 19.1 Å². The maximum Gasteiger partial charge on any atom is 0.264 e. The molecule has 1 saturated carbocycles. The third-order valence-electron chi connectivity index (χ3n) is 11.2. The number of aryl methyl sites for hydroxylation is 1. The van der Waals surface area contributed by atoms with Crippen molar-refractivity contribution < 1.29 is 31.5 Å². The molecular formula is C34H45ClN2O7S2. The molecule has 1 spiro atoms. The first kappa shape index (κ1) is 33.6. The quantitative estimate of drug-likeness (QED) is 0.456. The van der Waals surface area contributed by atoms with Gasteiger partial charge in [0.05, 0.1) is 28.9 Å². The molecule has 12 heteroatoms. The molecule has 6 rings (SSSR count). The van der Waals surface area contributed by atoms with E-state index in [0.717, 1.165) is 31.9 Å². The van der Waals surface area contributed by atoms with Crippen molar-refractivity contribution in [3.63, 3.8) is 0 Å². The van der Waals surface area contributed by atoms with Crippen LogP contribution in [0.3, 0.4) is 0 Å². The van der Waals surface area contributed by atoms with Crippen molar-refractivity contribution >= 4 is 43.1 Å². The molecule has 252 valence electrons. The Kier molecular flexibility index (Phi) is 8.96. The number of hydrogen-bond donors (Lipinski definition) is 2. The molecule has 1 fully saturated rings. The standard InChI is InChI=1S/C34H45ClN2O7S2/c1-22-6-4-15-34(39,21-45(3,40)41)29-11-8-26(29)18-37-19-33(14-5-7-24-16-27(35)10-12-28(24)33)20-44-31-13-9-25(17-30(31)37)32(38)36-46(42,43)23(22)2/h9-10,12-13,16-17,22-23,26,29,39H,4-8,11,14-15,18-21H2,1-3H3,(H,36,38)/t22-,23+,26-,29+,33-,34-/m0/s1. The lowest BCUT2D eigenvalue weighted by Gasteiger charge is -2.50. The van der Waals surface area contributed by atoms with Crippen LogP contribution in [0.2, 0.25) is 5.02 Å².